The van der Waals surface area contributed by atoms with Gasteiger partial charge in [0.15, 0.2) is 0 Å². The van der Waals surface area contributed by atoms with E-state index < -0.39 is 80.5 Å². The van der Waals surface area contributed by atoms with Crippen molar-refractivity contribution in [3.63, 3.8) is 0 Å². The summed E-state index contributed by atoms with van der Waals surface area (Å²) in [5.41, 5.74) is -2.17. The van der Waals surface area contributed by atoms with Crippen LogP contribution in [0.3, 0.4) is 0 Å². The molecule has 0 radical (unpaired) electrons. The Kier molecular flexibility index (Phi) is 5.71. The van der Waals surface area contributed by atoms with E-state index in [0.717, 1.165) is 36.4 Å². The van der Waals surface area contributed by atoms with E-state index in [-0.39, 0.29) is 0 Å². The number of hydrogen-bond donors (Lipinski definition) is 8. The Bertz CT molecular complexity index is 1180. The maximum atomic E-state index is 12.1. The molecule has 2 unspecified atom stereocenters. The van der Waals surface area contributed by atoms with Crippen molar-refractivity contribution in [3.8, 4) is 34.5 Å². The molecule has 3 aromatic rings. The minimum atomic E-state index is -2.00. The van der Waals surface area contributed by atoms with Gasteiger partial charge in [-0.25, -0.2) is 0 Å². The Labute approximate surface area is 180 Å². The zero-order chi connectivity index (χ0) is 23.7. The summed E-state index contributed by atoms with van der Waals surface area (Å²) in [5.74, 6) is -11.4. The molecule has 0 aliphatic carbocycles. The standard InChI is InChI=1S/C22H18O10/c23-10-3-1-4-11(24)16(10)15(21(29)30)9-7-8-14(27)18(20(9)28)19(22(31)32)17-12(25)5-2-6-13(17)26/h1-8,15,19,23-28H,(H,29,30)(H,31,32). The summed E-state index contributed by atoms with van der Waals surface area (Å²) in [4.78, 5) is 24.1. The first-order valence-corrected chi connectivity index (χ1v) is 9.08. The first kappa shape index (κ1) is 22.1. The lowest BCUT2D eigenvalue weighted by atomic mass is 9.83. The van der Waals surface area contributed by atoms with Crippen molar-refractivity contribution >= 4 is 11.9 Å². The number of aliphatic carboxylic acids is 2. The van der Waals surface area contributed by atoms with Gasteiger partial charge in [-0.2, -0.15) is 0 Å². The summed E-state index contributed by atoms with van der Waals surface area (Å²) in [7, 11) is 0. The lowest BCUT2D eigenvalue weighted by Gasteiger charge is -2.22. The van der Waals surface area contributed by atoms with Crippen LogP contribution in [0.25, 0.3) is 0 Å². The van der Waals surface area contributed by atoms with Gasteiger partial charge >= 0.3 is 11.9 Å². The van der Waals surface area contributed by atoms with E-state index in [0.29, 0.717) is 0 Å². The molecule has 32 heavy (non-hydrogen) atoms. The van der Waals surface area contributed by atoms with Crippen molar-refractivity contribution in [3.05, 3.63) is 70.8 Å². The van der Waals surface area contributed by atoms with Gasteiger partial charge < -0.3 is 40.9 Å². The van der Waals surface area contributed by atoms with Gasteiger partial charge in [0, 0.05) is 5.56 Å². The van der Waals surface area contributed by atoms with Crippen molar-refractivity contribution in [2.24, 2.45) is 0 Å². The maximum Gasteiger partial charge on any atom is 0.316 e. The molecule has 2 atom stereocenters. The van der Waals surface area contributed by atoms with Gasteiger partial charge in [0.25, 0.3) is 0 Å². The summed E-state index contributed by atoms with van der Waals surface area (Å²) in [6.07, 6.45) is 0. The highest BCUT2D eigenvalue weighted by Gasteiger charge is 2.37. The topological polar surface area (TPSA) is 196 Å². The van der Waals surface area contributed by atoms with Gasteiger partial charge in [0.2, 0.25) is 0 Å². The highest BCUT2D eigenvalue weighted by molar-refractivity contribution is 5.88. The number of phenols is 6. The van der Waals surface area contributed by atoms with Crippen molar-refractivity contribution in [2.45, 2.75) is 11.8 Å². The lowest BCUT2D eigenvalue weighted by molar-refractivity contribution is -0.138. The molecule has 0 aromatic heterocycles. The zero-order valence-corrected chi connectivity index (χ0v) is 16.2. The van der Waals surface area contributed by atoms with E-state index in [1.54, 1.807) is 0 Å². The second kappa shape index (κ2) is 8.26. The Morgan fingerprint density at radius 2 is 0.906 bits per heavy atom. The van der Waals surface area contributed by atoms with Gasteiger partial charge in [-0.15, -0.1) is 0 Å². The average molecular weight is 442 g/mol. The first-order chi connectivity index (χ1) is 15.1. The number of benzene rings is 3. The molecule has 0 fully saturated rings. The molecule has 3 rings (SSSR count). The van der Waals surface area contributed by atoms with Gasteiger partial charge in [0.1, 0.15) is 46.3 Å². The van der Waals surface area contributed by atoms with Crippen LogP contribution in [0.5, 0.6) is 34.5 Å². The van der Waals surface area contributed by atoms with Gasteiger partial charge in [0.05, 0.1) is 16.7 Å². The maximum absolute atomic E-state index is 12.1. The summed E-state index contributed by atoms with van der Waals surface area (Å²) < 4.78 is 0. The third kappa shape index (κ3) is 3.65. The predicted molar refractivity (Wildman–Crippen MR) is 108 cm³/mol. The van der Waals surface area contributed by atoms with E-state index >= 15 is 0 Å². The molecular formula is C22H18O10. The fourth-order valence-corrected chi connectivity index (χ4v) is 3.61. The van der Waals surface area contributed by atoms with Crippen LogP contribution in [0.4, 0.5) is 0 Å². The molecule has 8 N–H and O–H groups in total. The summed E-state index contributed by atoms with van der Waals surface area (Å²) >= 11 is 0. The van der Waals surface area contributed by atoms with Gasteiger partial charge in [-0.05, 0) is 30.3 Å². The van der Waals surface area contributed by atoms with E-state index in [4.69, 9.17) is 0 Å². The van der Waals surface area contributed by atoms with Crippen molar-refractivity contribution in [1.82, 2.24) is 0 Å². The molecule has 0 amide bonds. The fourth-order valence-electron chi connectivity index (χ4n) is 3.61. The molecule has 10 heteroatoms. The Balaban J connectivity index is 2.33. The monoisotopic (exact) mass is 442 g/mol. The summed E-state index contributed by atoms with van der Waals surface area (Å²) in [6.45, 7) is 0. The van der Waals surface area contributed by atoms with Crippen LogP contribution < -0.4 is 0 Å². The summed E-state index contributed by atoms with van der Waals surface area (Å²) in [5, 5.41) is 81.3. The minimum Gasteiger partial charge on any atom is -0.507 e. The minimum absolute atomic E-state index is 0.455. The quantitative estimate of drug-likeness (QED) is 0.280. The molecule has 0 heterocycles. The van der Waals surface area contributed by atoms with Gasteiger partial charge in [-0.3, -0.25) is 9.59 Å². The van der Waals surface area contributed by atoms with E-state index in [2.05, 4.69) is 0 Å². The molecule has 0 saturated carbocycles. The number of hydrogen-bond acceptors (Lipinski definition) is 8. The largest absolute Gasteiger partial charge is 0.507 e. The third-order valence-corrected chi connectivity index (χ3v) is 5.02. The number of rotatable bonds is 6. The SMILES string of the molecule is O=C(O)C(c1ccc(O)c(C(C(=O)O)c2c(O)cccc2O)c1O)c1c(O)cccc1O. The Morgan fingerprint density at radius 3 is 1.31 bits per heavy atom. The molecule has 3 aromatic carbocycles. The highest BCUT2D eigenvalue weighted by atomic mass is 16.4. The molecule has 0 aliphatic heterocycles. The van der Waals surface area contributed by atoms with E-state index in [9.17, 15) is 50.4 Å². The van der Waals surface area contributed by atoms with Crippen molar-refractivity contribution in [2.75, 3.05) is 0 Å². The molecule has 0 saturated heterocycles. The molecule has 0 aliphatic rings. The first-order valence-electron chi connectivity index (χ1n) is 9.08. The van der Waals surface area contributed by atoms with Crippen LogP contribution in [0.15, 0.2) is 48.5 Å². The van der Waals surface area contributed by atoms with E-state index in [1.807, 2.05) is 0 Å². The molecule has 0 spiro atoms. The van der Waals surface area contributed by atoms with Crippen LogP contribution in [0, 0.1) is 0 Å². The predicted octanol–water partition coefficient (Wildman–Crippen LogP) is 2.35. The Hall–Kier alpha value is -4.60. The van der Waals surface area contributed by atoms with Gasteiger partial charge in [-0.1, -0.05) is 18.2 Å². The molecule has 166 valence electrons. The normalized spacial score (nSPS) is 12.8. The number of carbonyl (C=O) groups is 2. The van der Waals surface area contributed by atoms with Crippen LogP contribution in [0.2, 0.25) is 0 Å². The lowest BCUT2D eigenvalue weighted by Crippen LogP contribution is -2.17. The number of carboxylic acids is 2. The summed E-state index contributed by atoms with van der Waals surface area (Å²) in [6, 6.07) is 8.81. The smallest absolute Gasteiger partial charge is 0.316 e. The molecular weight excluding hydrogens is 424 g/mol. The fraction of sp³-hybridized carbons (Fsp3) is 0.0909. The van der Waals surface area contributed by atoms with Crippen LogP contribution in [-0.4, -0.2) is 52.8 Å². The zero-order valence-electron chi connectivity index (χ0n) is 16.2. The van der Waals surface area contributed by atoms with Crippen LogP contribution in [0.1, 0.15) is 34.1 Å². The van der Waals surface area contributed by atoms with Crippen molar-refractivity contribution < 1.29 is 50.4 Å². The highest BCUT2D eigenvalue weighted by Crippen LogP contribution is 2.49. The third-order valence-electron chi connectivity index (χ3n) is 5.02. The van der Waals surface area contributed by atoms with E-state index in [1.165, 1.54) is 12.1 Å². The number of carboxylic acid groups (broad SMARTS) is 2. The second-order valence-electron chi connectivity index (χ2n) is 6.90. The molecule has 0 bridgehead atoms. The number of phenolic OH excluding ortho intramolecular Hbond substituents is 6. The van der Waals surface area contributed by atoms with Crippen LogP contribution in [-0.2, 0) is 9.59 Å². The molecule has 10 nitrogen and oxygen atoms in total. The average Bonchev–Trinajstić information content (AvgIpc) is 2.70. The number of aromatic hydroxyl groups is 6. The Morgan fingerprint density at radius 1 is 0.531 bits per heavy atom. The second-order valence-corrected chi connectivity index (χ2v) is 6.90. The van der Waals surface area contributed by atoms with Crippen LogP contribution >= 0.6 is 0 Å². The van der Waals surface area contributed by atoms with Crippen molar-refractivity contribution in [1.29, 1.82) is 0 Å².